The molecule has 0 aliphatic carbocycles. The second-order valence-corrected chi connectivity index (χ2v) is 3.34. The molecule has 0 saturated carbocycles. The molecule has 2 aliphatic rings. The van der Waals surface area contributed by atoms with Crippen molar-refractivity contribution in [1.82, 2.24) is 0 Å². The lowest BCUT2D eigenvalue weighted by atomic mass is 10.2. The van der Waals surface area contributed by atoms with Crippen LogP contribution in [0.25, 0.3) is 0 Å². The van der Waals surface area contributed by atoms with Crippen molar-refractivity contribution in [2.24, 2.45) is 0 Å². The number of hydrogen-bond donors (Lipinski definition) is 0. The second kappa shape index (κ2) is 4.95. The van der Waals surface area contributed by atoms with E-state index in [1.165, 1.54) is 7.69 Å². The maximum atomic E-state index is 5.34. The Hall–Kier alpha value is -0.0951. The minimum Gasteiger partial charge on any atom is -0.408 e. The van der Waals surface area contributed by atoms with Crippen LogP contribution in [0.3, 0.4) is 0 Å². The highest BCUT2D eigenvalue weighted by Gasteiger charge is 2.20. The van der Waals surface area contributed by atoms with Gasteiger partial charge in [-0.1, -0.05) is 0 Å². The molecule has 0 aromatic rings. The molecule has 2 atom stereocenters. The molecule has 0 amide bonds. The molecule has 0 aromatic carbocycles. The van der Waals surface area contributed by atoms with Crippen molar-refractivity contribution in [2.75, 3.05) is 26.4 Å². The van der Waals surface area contributed by atoms with Gasteiger partial charge in [-0.15, -0.1) is 0 Å². The minimum absolute atomic E-state index is 0.183. The van der Waals surface area contributed by atoms with Crippen molar-refractivity contribution < 1.29 is 18.8 Å². The van der Waals surface area contributed by atoms with Crippen molar-refractivity contribution in [3.8, 4) is 0 Å². The largest absolute Gasteiger partial charge is 0.488 e. The van der Waals surface area contributed by atoms with Crippen molar-refractivity contribution >= 4 is 7.69 Å². The Morgan fingerprint density at radius 2 is 1.46 bits per heavy atom. The van der Waals surface area contributed by atoms with Crippen molar-refractivity contribution in [3.05, 3.63) is 0 Å². The first kappa shape index (κ1) is 9.46. The van der Waals surface area contributed by atoms with E-state index >= 15 is 0 Å². The van der Waals surface area contributed by atoms with Gasteiger partial charge in [0.2, 0.25) is 0 Å². The highest BCUT2D eigenvalue weighted by molar-refractivity contribution is 6.18. The first-order chi connectivity index (χ1) is 6.45. The monoisotopic (exact) mass is 185 g/mol. The minimum atomic E-state index is 0.183. The van der Waals surface area contributed by atoms with Gasteiger partial charge in [0, 0.05) is 13.2 Å². The summed E-state index contributed by atoms with van der Waals surface area (Å²) in [5, 5.41) is 0. The molecule has 2 heterocycles. The average molecular weight is 185 g/mol. The van der Waals surface area contributed by atoms with E-state index < -0.39 is 0 Å². The van der Waals surface area contributed by atoms with Crippen molar-refractivity contribution in [2.45, 2.75) is 25.0 Å². The third-order valence-corrected chi connectivity index (χ3v) is 2.27. The summed E-state index contributed by atoms with van der Waals surface area (Å²) in [7, 11) is 1.44. The smallest absolute Gasteiger partial charge is 0.408 e. The van der Waals surface area contributed by atoms with E-state index in [4.69, 9.17) is 18.8 Å². The Balaban J connectivity index is 1.52. The summed E-state index contributed by atoms with van der Waals surface area (Å²) in [6.45, 7) is 2.96. The normalized spacial score (nSPS) is 33.8. The van der Waals surface area contributed by atoms with Crippen molar-refractivity contribution in [1.29, 1.82) is 0 Å². The maximum absolute atomic E-state index is 5.34. The van der Waals surface area contributed by atoms with Crippen molar-refractivity contribution in [3.63, 3.8) is 0 Å². The molecule has 2 fully saturated rings. The molecule has 5 heteroatoms. The van der Waals surface area contributed by atoms with E-state index in [9.17, 15) is 0 Å². The van der Waals surface area contributed by atoms with Gasteiger partial charge in [0.25, 0.3) is 0 Å². The second-order valence-electron chi connectivity index (χ2n) is 3.34. The molecule has 2 aliphatic heterocycles. The number of ether oxygens (including phenoxy) is 2. The summed E-state index contributed by atoms with van der Waals surface area (Å²) in [6, 6.07) is 0. The fourth-order valence-electron chi connectivity index (χ4n) is 1.43. The summed E-state index contributed by atoms with van der Waals surface area (Å²) >= 11 is 0. The Kier molecular flexibility index (Phi) is 3.60. The molecule has 0 aromatic heterocycles. The predicted molar refractivity (Wildman–Crippen MR) is 46.4 cm³/mol. The fraction of sp³-hybridized carbons (Fsp3) is 1.00. The molecule has 4 nitrogen and oxygen atoms in total. The van der Waals surface area contributed by atoms with Gasteiger partial charge in [-0.25, -0.2) is 0 Å². The zero-order valence-corrected chi connectivity index (χ0v) is 7.61. The Morgan fingerprint density at radius 3 is 1.85 bits per heavy atom. The molecular weight excluding hydrogens is 171 g/mol. The van der Waals surface area contributed by atoms with Crippen LogP contribution in [-0.2, 0) is 18.8 Å². The first-order valence-corrected chi connectivity index (χ1v) is 4.73. The Bertz CT molecular complexity index is 127. The van der Waals surface area contributed by atoms with Gasteiger partial charge >= 0.3 is 7.69 Å². The SMILES string of the molecule is [B](OC1CCOC1)OC1CCOC1. The van der Waals surface area contributed by atoms with Gasteiger partial charge in [0.15, 0.2) is 0 Å². The molecule has 13 heavy (non-hydrogen) atoms. The van der Waals surface area contributed by atoms with Crippen LogP contribution in [0.4, 0.5) is 0 Å². The van der Waals surface area contributed by atoms with Gasteiger partial charge in [0.05, 0.1) is 25.4 Å². The van der Waals surface area contributed by atoms with Gasteiger partial charge in [-0.3, -0.25) is 0 Å². The zero-order chi connectivity index (χ0) is 8.93. The summed E-state index contributed by atoms with van der Waals surface area (Å²) in [6.07, 6.45) is 2.28. The van der Waals surface area contributed by atoms with Crippen LogP contribution >= 0.6 is 0 Å². The van der Waals surface area contributed by atoms with E-state index in [-0.39, 0.29) is 12.2 Å². The molecule has 2 saturated heterocycles. The molecule has 73 valence electrons. The highest BCUT2D eigenvalue weighted by Crippen LogP contribution is 2.10. The topological polar surface area (TPSA) is 36.9 Å². The van der Waals surface area contributed by atoms with Crippen LogP contribution in [0.15, 0.2) is 0 Å². The molecule has 1 radical (unpaired) electrons. The molecular formula is C8H14BO4. The van der Waals surface area contributed by atoms with E-state index in [1.807, 2.05) is 0 Å². The predicted octanol–water partition coefficient (Wildman–Crippen LogP) is 0.132. The van der Waals surface area contributed by atoms with Gasteiger partial charge in [-0.2, -0.15) is 0 Å². The quantitative estimate of drug-likeness (QED) is 0.583. The van der Waals surface area contributed by atoms with Crippen LogP contribution in [0.2, 0.25) is 0 Å². The Labute approximate surface area is 78.8 Å². The molecule has 0 bridgehead atoms. The number of rotatable bonds is 4. The zero-order valence-electron chi connectivity index (χ0n) is 7.61. The molecule has 2 rings (SSSR count). The van der Waals surface area contributed by atoms with Gasteiger partial charge in [-0.05, 0) is 12.8 Å². The fourth-order valence-corrected chi connectivity index (χ4v) is 1.43. The first-order valence-electron chi connectivity index (χ1n) is 4.73. The molecule has 2 unspecified atom stereocenters. The summed E-state index contributed by atoms with van der Waals surface area (Å²) in [5.74, 6) is 0. The van der Waals surface area contributed by atoms with E-state index in [1.54, 1.807) is 0 Å². The third-order valence-electron chi connectivity index (χ3n) is 2.27. The van der Waals surface area contributed by atoms with Crippen LogP contribution in [0.1, 0.15) is 12.8 Å². The third kappa shape index (κ3) is 2.95. The van der Waals surface area contributed by atoms with Gasteiger partial charge < -0.3 is 18.8 Å². The maximum Gasteiger partial charge on any atom is 0.488 e. The lowest BCUT2D eigenvalue weighted by Crippen LogP contribution is -2.22. The molecule has 0 N–H and O–H groups in total. The van der Waals surface area contributed by atoms with Crippen LogP contribution in [0.5, 0.6) is 0 Å². The van der Waals surface area contributed by atoms with Crippen LogP contribution < -0.4 is 0 Å². The van der Waals surface area contributed by atoms with E-state index in [0.29, 0.717) is 13.2 Å². The lowest BCUT2D eigenvalue weighted by molar-refractivity contribution is 0.0921. The van der Waals surface area contributed by atoms with E-state index in [0.717, 1.165) is 26.1 Å². The summed E-state index contributed by atoms with van der Waals surface area (Å²) in [5.41, 5.74) is 0. The number of hydrogen-bond acceptors (Lipinski definition) is 4. The molecule has 0 spiro atoms. The van der Waals surface area contributed by atoms with Crippen LogP contribution in [0, 0.1) is 0 Å². The lowest BCUT2D eigenvalue weighted by Gasteiger charge is -2.11. The van der Waals surface area contributed by atoms with E-state index in [2.05, 4.69) is 0 Å². The standard InChI is InChI=1S/C8H14BO4/c1-3-10-5-7(1)12-9-13-8-2-4-11-6-8/h7-8H,1-6H2. The summed E-state index contributed by atoms with van der Waals surface area (Å²) < 4.78 is 21.0. The Morgan fingerprint density at radius 1 is 0.923 bits per heavy atom. The van der Waals surface area contributed by atoms with Crippen LogP contribution in [-0.4, -0.2) is 46.3 Å². The highest BCUT2D eigenvalue weighted by atomic mass is 16.6. The summed E-state index contributed by atoms with van der Waals surface area (Å²) in [4.78, 5) is 0. The average Bonchev–Trinajstić information content (AvgIpc) is 2.75. The van der Waals surface area contributed by atoms with Gasteiger partial charge in [0.1, 0.15) is 0 Å².